The zero-order valence-corrected chi connectivity index (χ0v) is 9.12. The number of thioether (sulfide) groups is 1. The van der Waals surface area contributed by atoms with Crippen molar-refractivity contribution in [2.45, 2.75) is 23.8 Å². The summed E-state index contributed by atoms with van der Waals surface area (Å²) >= 11 is 1.35. The molecule has 2 rings (SSSR count). The Morgan fingerprint density at radius 2 is 2.13 bits per heavy atom. The van der Waals surface area contributed by atoms with Crippen molar-refractivity contribution in [3.05, 3.63) is 29.8 Å². The lowest BCUT2D eigenvalue weighted by Gasteiger charge is -2.04. The van der Waals surface area contributed by atoms with Gasteiger partial charge >= 0.3 is 0 Å². The monoisotopic (exact) mass is 229 g/mol. The van der Waals surface area contributed by atoms with Crippen LogP contribution in [0.5, 0.6) is 0 Å². The SMILES string of the molecule is Fc1ccc(F)c(SCCNC2CC2)c1. The maximum atomic E-state index is 13.2. The maximum absolute atomic E-state index is 13.2. The van der Waals surface area contributed by atoms with E-state index in [0.717, 1.165) is 18.4 Å². The van der Waals surface area contributed by atoms with Crippen molar-refractivity contribution in [2.24, 2.45) is 0 Å². The highest BCUT2D eigenvalue weighted by Crippen LogP contribution is 2.23. The molecule has 0 heterocycles. The largest absolute Gasteiger partial charge is 0.313 e. The summed E-state index contributed by atoms with van der Waals surface area (Å²) in [7, 11) is 0. The highest BCUT2D eigenvalue weighted by Gasteiger charge is 2.19. The van der Waals surface area contributed by atoms with Crippen molar-refractivity contribution in [2.75, 3.05) is 12.3 Å². The van der Waals surface area contributed by atoms with E-state index in [9.17, 15) is 8.78 Å². The van der Waals surface area contributed by atoms with Gasteiger partial charge in [0.25, 0.3) is 0 Å². The average molecular weight is 229 g/mol. The Labute approximate surface area is 92.3 Å². The molecule has 0 saturated heterocycles. The van der Waals surface area contributed by atoms with Gasteiger partial charge in [-0.3, -0.25) is 0 Å². The third-order valence-electron chi connectivity index (χ3n) is 2.26. The van der Waals surface area contributed by atoms with E-state index in [4.69, 9.17) is 0 Å². The molecule has 15 heavy (non-hydrogen) atoms. The number of benzene rings is 1. The zero-order valence-electron chi connectivity index (χ0n) is 8.30. The molecule has 0 spiro atoms. The summed E-state index contributed by atoms with van der Waals surface area (Å²) in [6.45, 7) is 0.852. The van der Waals surface area contributed by atoms with Crippen molar-refractivity contribution in [3.8, 4) is 0 Å². The van der Waals surface area contributed by atoms with Crippen molar-refractivity contribution in [1.29, 1.82) is 0 Å². The number of hydrogen-bond donors (Lipinski definition) is 1. The van der Waals surface area contributed by atoms with Crippen molar-refractivity contribution >= 4 is 11.8 Å². The topological polar surface area (TPSA) is 12.0 Å². The molecule has 0 atom stereocenters. The summed E-state index contributed by atoms with van der Waals surface area (Å²) in [5, 5.41) is 3.32. The third kappa shape index (κ3) is 3.47. The molecule has 0 aromatic heterocycles. The van der Waals surface area contributed by atoms with Gasteiger partial charge in [0, 0.05) is 23.2 Å². The van der Waals surface area contributed by atoms with E-state index in [2.05, 4.69) is 5.32 Å². The van der Waals surface area contributed by atoms with Crippen molar-refractivity contribution in [1.82, 2.24) is 5.32 Å². The van der Waals surface area contributed by atoms with Crippen LogP contribution >= 0.6 is 11.8 Å². The van der Waals surface area contributed by atoms with Gasteiger partial charge in [0.2, 0.25) is 0 Å². The Hall–Kier alpha value is -0.610. The minimum atomic E-state index is -0.381. The Balaban J connectivity index is 1.78. The summed E-state index contributed by atoms with van der Waals surface area (Å²) < 4.78 is 26.0. The highest BCUT2D eigenvalue weighted by molar-refractivity contribution is 7.99. The molecule has 1 aromatic rings. The molecule has 1 aliphatic carbocycles. The first kappa shape index (κ1) is 10.9. The van der Waals surface area contributed by atoms with Crippen LogP contribution in [0.25, 0.3) is 0 Å². The Bertz CT molecular complexity index is 339. The molecule has 82 valence electrons. The van der Waals surface area contributed by atoms with Gasteiger partial charge in [0.1, 0.15) is 11.6 Å². The van der Waals surface area contributed by atoms with Crippen LogP contribution in [-0.2, 0) is 0 Å². The molecular formula is C11H13F2NS. The summed E-state index contributed by atoms with van der Waals surface area (Å²) in [6.07, 6.45) is 2.50. The van der Waals surface area contributed by atoms with Gasteiger partial charge in [0.15, 0.2) is 0 Å². The predicted octanol–water partition coefficient (Wildman–Crippen LogP) is 2.81. The van der Waals surface area contributed by atoms with Crippen LogP contribution < -0.4 is 5.32 Å². The molecule has 1 N–H and O–H groups in total. The minimum absolute atomic E-state index is 0.340. The maximum Gasteiger partial charge on any atom is 0.136 e. The first-order chi connectivity index (χ1) is 7.25. The van der Waals surface area contributed by atoms with Gasteiger partial charge in [-0.05, 0) is 31.0 Å². The molecule has 1 saturated carbocycles. The van der Waals surface area contributed by atoms with Gasteiger partial charge in [0.05, 0.1) is 0 Å². The van der Waals surface area contributed by atoms with E-state index in [1.165, 1.54) is 36.7 Å². The normalized spacial score (nSPS) is 15.6. The zero-order chi connectivity index (χ0) is 10.7. The molecule has 4 heteroatoms. The fourth-order valence-corrected chi connectivity index (χ4v) is 2.14. The lowest BCUT2D eigenvalue weighted by Crippen LogP contribution is -2.19. The van der Waals surface area contributed by atoms with E-state index in [1.807, 2.05) is 0 Å². The highest BCUT2D eigenvalue weighted by atomic mass is 32.2. The first-order valence-electron chi connectivity index (χ1n) is 5.07. The fraction of sp³-hybridized carbons (Fsp3) is 0.455. The molecule has 0 bridgehead atoms. The number of halogens is 2. The molecule has 1 aliphatic rings. The van der Waals surface area contributed by atoms with E-state index in [1.54, 1.807) is 0 Å². The standard InChI is InChI=1S/C11H13F2NS/c12-8-1-4-10(13)11(7-8)15-6-5-14-9-2-3-9/h1,4,7,9,14H,2-3,5-6H2. The van der Waals surface area contributed by atoms with Gasteiger partial charge in [-0.25, -0.2) is 8.78 Å². The lowest BCUT2D eigenvalue weighted by molar-refractivity contribution is 0.577. The quantitative estimate of drug-likeness (QED) is 0.615. The van der Waals surface area contributed by atoms with Crippen LogP contribution in [0.15, 0.2) is 23.1 Å². The second kappa shape index (κ2) is 4.94. The number of rotatable bonds is 5. The summed E-state index contributed by atoms with van der Waals surface area (Å²) in [4.78, 5) is 0.396. The molecule has 1 fully saturated rings. The van der Waals surface area contributed by atoms with Crippen LogP contribution in [-0.4, -0.2) is 18.3 Å². The summed E-state index contributed by atoms with van der Waals surface area (Å²) in [6, 6.07) is 4.23. The molecule has 0 unspecified atom stereocenters. The molecule has 1 nitrogen and oxygen atoms in total. The van der Waals surface area contributed by atoms with E-state index in [0.29, 0.717) is 10.9 Å². The van der Waals surface area contributed by atoms with Crippen LogP contribution in [0.2, 0.25) is 0 Å². The Morgan fingerprint density at radius 3 is 2.87 bits per heavy atom. The molecule has 0 radical (unpaired) electrons. The number of hydrogen-bond acceptors (Lipinski definition) is 2. The second-order valence-electron chi connectivity index (χ2n) is 3.65. The van der Waals surface area contributed by atoms with Gasteiger partial charge in [-0.15, -0.1) is 11.8 Å². The van der Waals surface area contributed by atoms with E-state index < -0.39 is 0 Å². The third-order valence-corrected chi connectivity index (χ3v) is 3.30. The summed E-state index contributed by atoms with van der Waals surface area (Å²) in [5.41, 5.74) is 0. The molecule has 0 aliphatic heterocycles. The van der Waals surface area contributed by atoms with Crippen LogP contribution in [0.4, 0.5) is 8.78 Å². The second-order valence-corrected chi connectivity index (χ2v) is 4.79. The van der Waals surface area contributed by atoms with Gasteiger partial charge in [-0.1, -0.05) is 0 Å². The van der Waals surface area contributed by atoms with E-state index >= 15 is 0 Å². The van der Waals surface area contributed by atoms with Gasteiger partial charge < -0.3 is 5.32 Å². The van der Waals surface area contributed by atoms with Crippen LogP contribution in [0.1, 0.15) is 12.8 Å². The fourth-order valence-electron chi connectivity index (χ4n) is 1.30. The molecular weight excluding hydrogens is 216 g/mol. The van der Waals surface area contributed by atoms with Crippen LogP contribution in [0.3, 0.4) is 0 Å². The van der Waals surface area contributed by atoms with Gasteiger partial charge in [-0.2, -0.15) is 0 Å². The number of nitrogens with one attached hydrogen (secondary N) is 1. The smallest absolute Gasteiger partial charge is 0.136 e. The lowest BCUT2D eigenvalue weighted by atomic mass is 10.3. The van der Waals surface area contributed by atoms with Crippen LogP contribution in [0, 0.1) is 11.6 Å². The predicted molar refractivity (Wildman–Crippen MR) is 58.1 cm³/mol. The Morgan fingerprint density at radius 1 is 1.33 bits per heavy atom. The average Bonchev–Trinajstić information content (AvgIpc) is 3.01. The first-order valence-corrected chi connectivity index (χ1v) is 6.05. The minimum Gasteiger partial charge on any atom is -0.313 e. The summed E-state index contributed by atoms with van der Waals surface area (Å²) in [5.74, 6) is 0.0542. The Kier molecular flexibility index (Phi) is 3.59. The molecule has 0 amide bonds. The van der Waals surface area contributed by atoms with Crippen molar-refractivity contribution < 1.29 is 8.78 Å². The van der Waals surface area contributed by atoms with Crippen molar-refractivity contribution in [3.63, 3.8) is 0 Å². The van der Waals surface area contributed by atoms with E-state index in [-0.39, 0.29) is 11.6 Å². The molecule has 1 aromatic carbocycles.